The lowest BCUT2D eigenvalue weighted by Crippen LogP contribution is -2.17. The lowest BCUT2D eigenvalue weighted by atomic mass is 10.0. The molecule has 18 heteroatoms. The van der Waals surface area contributed by atoms with Gasteiger partial charge in [-0.2, -0.15) is 0 Å². The van der Waals surface area contributed by atoms with Crippen LogP contribution in [-0.4, -0.2) is 58.0 Å². The van der Waals surface area contributed by atoms with Crippen molar-refractivity contribution < 1.29 is 54.9 Å². The molecule has 2 heterocycles. The minimum absolute atomic E-state index is 0.0348. The number of benzene rings is 6. The van der Waals surface area contributed by atoms with Crippen LogP contribution < -0.4 is 20.1 Å². The number of aryl methyl sites for hydroxylation is 2. The first-order valence-corrected chi connectivity index (χ1v) is 23.1. The Kier molecular flexibility index (Phi) is 16.7. The fourth-order valence-electron chi connectivity index (χ4n) is 8.33. The van der Waals surface area contributed by atoms with E-state index in [1.165, 1.54) is 62.8 Å². The highest BCUT2D eigenvalue weighted by molar-refractivity contribution is 5.82. The Bertz CT molecular complexity index is 2850. The molecule has 0 saturated heterocycles. The second-order valence-corrected chi connectivity index (χ2v) is 16.5. The summed E-state index contributed by atoms with van der Waals surface area (Å²) in [6.07, 6.45) is -6.36. The van der Waals surface area contributed by atoms with Gasteiger partial charge in [-0.25, -0.2) is 9.97 Å². The van der Waals surface area contributed by atoms with Crippen molar-refractivity contribution in [3.8, 4) is 11.5 Å². The fraction of sp³-hybridized carbons (Fsp3) is 0.259. The Morgan fingerprint density at radius 2 is 0.889 bits per heavy atom. The minimum atomic E-state index is -4.75. The minimum Gasteiger partial charge on any atom is -0.469 e. The number of hydrogen-bond acceptors (Lipinski definition) is 10. The van der Waals surface area contributed by atoms with Crippen LogP contribution in [0.3, 0.4) is 0 Å². The van der Waals surface area contributed by atoms with Gasteiger partial charge in [0.15, 0.2) is 0 Å². The lowest BCUT2D eigenvalue weighted by Gasteiger charge is -2.21. The van der Waals surface area contributed by atoms with Gasteiger partial charge >= 0.3 is 24.7 Å². The van der Waals surface area contributed by atoms with Gasteiger partial charge in [-0.05, 0) is 121 Å². The van der Waals surface area contributed by atoms with Gasteiger partial charge in [0.25, 0.3) is 0 Å². The molecule has 0 aliphatic heterocycles. The van der Waals surface area contributed by atoms with Crippen LogP contribution in [0.15, 0.2) is 146 Å². The van der Waals surface area contributed by atoms with Gasteiger partial charge in [-0.15, -0.1) is 26.3 Å². The molecule has 12 nitrogen and oxygen atoms in total. The summed E-state index contributed by atoms with van der Waals surface area (Å²) in [5.41, 5.74) is 8.51. The van der Waals surface area contributed by atoms with E-state index in [-0.39, 0.29) is 48.4 Å². The van der Waals surface area contributed by atoms with Gasteiger partial charge in [0.2, 0.25) is 11.9 Å². The first-order valence-electron chi connectivity index (χ1n) is 23.1. The number of esters is 2. The van der Waals surface area contributed by atoms with Crippen molar-refractivity contribution >= 4 is 57.3 Å². The van der Waals surface area contributed by atoms with E-state index < -0.39 is 12.7 Å². The summed E-state index contributed by atoms with van der Waals surface area (Å²) in [5, 5.41) is 6.51. The highest BCUT2D eigenvalue weighted by Gasteiger charge is 2.32. The van der Waals surface area contributed by atoms with Gasteiger partial charge in [-0.1, -0.05) is 86.6 Å². The van der Waals surface area contributed by atoms with E-state index >= 15 is 0 Å². The third kappa shape index (κ3) is 13.6. The van der Waals surface area contributed by atoms with Crippen LogP contribution in [0.25, 0.3) is 22.1 Å². The van der Waals surface area contributed by atoms with E-state index in [2.05, 4.69) is 67.4 Å². The molecule has 0 aliphatic carbocycles. The summed E-state index contributed by atoms with van der Waals surface area (Å²) in [6.45, 7) is 4.17. The number of imidazole rings is 2. The third-order valence-electron chi connectivity index (χ3n) is 11.7. The van der Waals surface area contributed by atoms with Gasteiger partial charge in [0, 0.05) is 24.2 Å². The van der Waals surface area contributed by atoms with Crippen molar-refractivity contribution in [1.82, 2.24) is 19.1 Å². The molecule has 2 N–H and O–H groups in total. The Balaban J connectivity index is 0.000000211. The van der Waals surface area contributed by atoms with Crippen LogP contribution in [-0.2, 0) is 31.9 Å². The molecule has 8 aromatic rings. The SMILES string of the molecule is CC[C@@H](c1ccccc1)n1c(Nc2ccc(OC(F)(F)F)cc2)nc2cc(CCC(=O)OC)ccc21.CC[C@H](c1ccccc1)n1c(Nc2ccc(OC(F)(F)F)cc2)nc2cc(CCC(=O)OC)ccc21. The monoisotopic (exact) mass is 994 g/mol. The Hall–Kier alpha value is -8.02. The molecule has 0 saturated carbocycles. The van der Waals surface area contributed by atoms with Crippen molar-refractivity contribution in [2.24, 2.45) is 0 Å². The van der Waals surface area contributed by atoms with E-state index in [4.69, 9.17) is 19.4 Å². The molecule has 0 fully saturated rings. The summed E-state index contributed by atoms with van der Waals surface area (Å²) < 4.78 is 96.7. The molecule has 2 atom stereocenters. The van der Waals surface area contributed by atoms with Crippen molar-refractivity contribution in [1.29, 1.82) is 0 Å². The molecule has 0 radical (unpaired) electrons. The van der Waals surface area contributed by atoms with Gasteiger partial charge in [0.05, 0.1) is 48.4 Å². The second-order valence-electron chi connectivity index (χ2n) is 16.5. The second kappa shape index (κ2) is 23.3. The fourth-order valence-corrected chi connectivity index (χ4v) is 8.33. The van der Waals surface area contributed by atoms with Crippen LogP contribution >= 0.6 is 0 Å². The summed E-state index contributed by atoms with van der Waals surface area (Å²) in [5.74, 6) is -0.0576. The number of halogens is 6. The van der Waals surface area contributed by atoms with Crippen LogP contribution in [0.2, 0.25) is 0 Å². The molecule has 2 aromatic heterocycles. The molecule has 376 valence electrons. The molecule has 0 unspecified atom stereocenters. The number of carbonyl (C=O) groups excluding carboxylic acids is 2. The first-order chi connectivity index (χ1) is 34.5. The van der Waals surface area contributed by atoms with Gasteiger partial charge < -0.3 is 38.7 Å². The molecule has 0 aliphatic rings. The molecule has 8 rings (SSSR count). The Morgan fingerprint density at radius 3 is 1.21 bits per heavy atom. The number of fused-ring (bicyclic) bond motifs is 2. The zero-order valence-corrected chi connectivity index (χ0v) is 39.8. The highest BCUT2D eigenvalue weighted by atomic mass is 19.4. The topological polar surface area (TPSA) is 131 Å². The van der Waals surface area contributed by atoms with Crippen molar-refractivity contribution in [3.05, 3.63) is 168 Å². The molecular formula is C54H52F6N6O6. The predicted octanol–water partition coefficient (Wildman–Crippen LogP) is 13.6. The molecular weight excluding hydrogens is 943 g/mol. The number of nitrogens with one attached hydrogen (secondary N) is 2. The number of carbonyl (C=O) groups is 2. The molecule has 0 bridgehead atoms. The molecule has 0 amide bonds. The van der Waals surface area contributed by atoms with Crippen LogP contribution in [0.4, 0.5) is 49.6 Å². The van der Waals surface area contributed by atoms with Crippen molar-refractivity contribution in [3.63, 3.8) is 0 Å². The molecule has 0 spiro atoms. The Morgan fingerprint density at radius 1 is 0.528 bits per heavy atom. The number of rotatable bonds is 18. The quantitative estimate of drug-likeness (QED) is 0.0633. The maximum atomic E-state index is 12.5. The third-order valence-corrected chi connectivity index (χ3v) is 11.7. The largest absolute Gasteiger partial charge is 0.573 e. The number of aromatic nitrogens is 4. The predicted molar refractivity (Wildman–Crippen MR) is 263 cm³/mol. The molecule has 72 heavy (non-hydrogen) atoms. The summed E-state index contributed by atoms with van der Waals surface area (Å²) >= 11 is 0. The summed E-state index contributed by atoms with van der Waals surface area (Å²) in [7, 11) is 2.72. The number of ether oxygens (including phenoxy) is 4. The van der Waals surface area contributed by atoms with Gasteiger partial charge in [-0.3, -0.25) is 9.59 Å². The lowest BCUT2D eigenvalue weighted by molar-refractivity contribution is -0.275. The maximum absolute atomic E-state index is 12.5. The molecule has 6 aromatic carbocycles. The average molecular weight is 995 g/mol. The normalized spacial score (nSPS) is 12.4. The summed E-state index contributed by atoms with van der Waals surface area (Å²) in [6, 6.07) is 42.8. The van der Waals surface area contributed by atoms with E-state index in [1.807, 2.05) is 72.8 Å². The standard InChI is InChI=1S/2C27H26F3N3O3/c2*1-3-23(19-7-5-4-6-8-19)33-24-15-9-18(10-16-25(34)35-2)17-22(24)32-26(33)31-20-11-13-21(14-12-20)36-27(28,29)30/h2*4-9,11-15,17,23H,3,10,16H2,1-2H3,(H,31,32)/t2*23-/m10/s1. The number of hydrogen-bond donors (Lipinski definition) is 2. The number of anilines is 4. The Labute approximate surface area is 411 Å². The van der Waals surface area contributed by atoms with Crippen LogP contribution in [0.1, 0.15) is 73.9 Å². The van der Waals surface area contributed by atoms with Crippen LogP contribution in [0, 0.1) is 0 Å². The highest BCUT2D eigenvalue weighted by Crippen LogP contribution is 2.36. The number of nitrogens with zero attached hydrogens (tertiary/aromatic N) is 4. The number of alkyl halides is 6. The van der Waals surface area contributed by atoms with E-state index in [0.717, 1.165) is 57.2 Å². The van der Waals surface area contributed by atoms with Crippen LogP contribution in [0.5, 0.6) is 11.5 Å². The summed E-state index contributed by atoms with van der Waals surface area (Å²) in [4.78, 5) is 32.8. The van der Waals surface area contributed by atoms with E-state index in [0.29, 0.717) is 36.1 Å². The first kappa shape index (κ1) is 51.8. The maximum Gasteiger partial charge on any atom is 0.573 e. The zero-order valence-electron chi connectivity index (χ0n) is 39.8. The smallest absolute Gasteiger partial charge is 0.469 e. The number of methoxy groups -OCH3 is 2. The van der Waals surface area contributed by atoms with Gasteiger partial charge in [0.1, 0.15) is 11.5 Å². The zero-order chi connectivity index (χ0) is 51.4. The van der Waals surface area contributed by atoms with Crippen molar-refractivity contribution in [2.45, 2.75) is 77.2 Å². The van der Waals surface area contributed by atoms with Crippen molar-refractivity contribution in [2.75, 3.05) is 24.9 Å². The van der Waals surface area contributed by atoms with E-state index in [9.17, 15) is 35.9 Å². The van der Waals surface area contributed by atoms with E-state index in [1.54, 1.807) is 0 Å². The average Bonchev–Trinajstić information content (AvgIpc) is 3.90.